The molecule has 0 bridgehead atoms. The molecule has 0 radical (unpaired) electrons. The first-order valence-corrected chi connectivity index (χ1v) is 8.06. The molecule has 2 aromatic rings. The number of nitrogens with two attached hydrogens (primary N) is 1. The lowest BCUT2D eigenvalue weighted by Gasteiger charge is -2.16. The van der Waals surface area contributed by atoms with Gasteiger partial charge in [-0.05, 0) is 30.2 Å². The van der Waals surface area contributed by atoms with Gasteiger partial charge in [0, 0.05) is 0 Å². The van der Waals surface area contributed by atoms with Gasteiger partial charge in [0.15, 0.2) is 0 Å². The molecule has 136 valence electrons. The molecule has 2 aromatic carbocycles. The lowest BCUT2D eigenvalue weighted by Crippen LogP contribution is -2.49. The van der Waals surface area contributed by atoms with Crippen LogP contribution in [0.1, 0.15) is 24.1 Å². The second-order valence-electron chi connectivity index (χ2n) is 5.83. The number of hydrogen-bond donors (Lipinski definition) is 3. The largest absolute Gasteiger partial charge is 0.344 e. The van der Waals surface area contributed by atoms with Gasteiger partial charge in [0.2, 0.25) is 17.7 Å². The van der Waals surface area contributed by atoms with E-state index in [2.05, 4.69) is 10.6 Å². The van der Waals surface area contributed by atoms with E-state index in [-0.39, 0.29) is 6.42 Å². The standard InChI is InChI=1S/C19H20FN3O3/c1-12(22-16(24)11-13-7-9-15(20)10-8-13)18(25)23-19(26)17(21)14-5-3-2-4-6-14/h2-10,12,17H,11,21H2,1H3,(H,22,24)(H,23,25,26)/t12-,17+/m0/s1. The number of rotatable bonds is 6. The average molecular weight is 357 g/mol. The van der Waals surface area contributed by atoms with Crippen LogP contribution in [0.2, 0.25) is 0 Å². The number of carbonyl (C=O) groups excluding carboxylic acids is 3. The molecule has 0 spiro atoms. The fourth-order valence-electron chi connectivity index (χ4n) is 2.26. The lowest BCUT2D eigenvalue weighted by molar-refractivity contribution is -0.134. The Kier molecular flexibility index (Phi) is 6.57. The maximum atomic E-state index is 12.9. The van der Waals surface area contributed by atoms with E-state index in [0.717, 1.165) is 0 Å². The average Bonchev–Trinajstić information content (AvgIpc) is 2.63. The number of halogens is 1. The van der Waals surface area contributed by atoms with Gasteiger partial charge in [-0.15, -0.1) is 0 Å². The highest BCUT2D eigenvalue weighted by atomic mass is 19.1. The van der Waals surface area contributed by atoms with Crippen LogP contribution < -0.4 is 16.4 Å². The summed E-state index contributed by atoms with van der Waals surface area (Å²) >= 11 is 0. The van der Waals surface area contributed by atoms with Gasteiger partial charge in [0.05, 0.1) is 6.42 Å². The fraction of sp³-hybridized carbons (Fsp3) is 0.211. The zero-order valence-electron chi connectivity index (χ0n) is 14.2. The van der Waals surface area contributed by atoms with Crippen LogP contribution in [-0.2, 0) is 20.8 Å². The van der Waals surface area contributed by atoms with Gasteiger partial charge in [-0.2, -0.15) is 0 Å². The molecule has 0 unspecified atom stereocenters. The molecule has 0 aliphatic heterocycles. The topological polar surface area (TPSA) is 101 Å². The summed E-state index contributed by atoms with van der Waals surface area (Å²) in [6, 6.07) is 12.2. The second-order valence-corrected chi connectivity index (χ2v) is 5.83. The van der Waals surface area contributed by atoms with Gasteiger partial charge >= 0.3 is 0 Å². The molecule has 0 saturated heterocycles. The van der Waals surface area contributed by atoms with Crippen LogP contribution in [0.4, 0.5) is 4.39 Å². The number of imide groups is 1. The van der Waals surface area contributed by atoms with Gasteiger partial charge in [-0.3, -0.25) is 19.7 Å². The summed E-state index contributed by atoms with van der Waals surface area (Å²) in [5.41, 5.74) is 7.01. The number of amides is 3. The smallest absolute Gasteiger partial charge is 0.248 e. The van der Waals surface area contributed by atoms with Crippen molar-refractivity contribution in [1.29, 1.82) is 0 Å². The molecule has 2 rings (SSSR count). The van der Waals surface area contributed by atoms with Crippen molar-refractivity contribution < 1.29 is 18.8 Å². The SMILES string of the molecule is C[C@H](NC(=O)Cc1ccc(F)cc1)C(=O)NC(=O)[C@H](N)c1ccccc1. The molecule has 0 heterocycles. The highest BCUT2D eigenvalue weighted by Crippen LogP contribution is 2.09. The van der Waals surface area contributed by atoms with E-state index < -0.39 is 35.6 Å². The van der Waals surface area contributed by atoms with Gasteiger partial charge in [-0.25, -0.2) is 4.39 Å². The highest BCUT2D eigenvalue weighted by molar-refractivity contribution is 6.01. The quantitative estimate of drug-likeness (QED) is 0.723. The summed E-state index contributed by atoms with van der Waals surface area (Å²) in [4.78, 5) is 36.1. The van der Waals surface area contributed by atoms with Gasteiger partial charge in [0.25, 0.3) is 0 Å². The van der Waals surface area contributed by atoms with Gasteiger partial charge in [-0.1, -0.05) is 42.5 Å². The zero-order valence-corrected chi connectivity index (χ0v) is 14.2. The van der Waals surface area contributed by atoms with Crippen LogP contribution in [0.25, 0.3) is 0 Å². The molecule has 2 atom stereocenters. The molecule has 3 amide bonds. The van der Waals surface area contributed by atoms with E-state index in [4.69, 9.17) is 5.73 Å². The normalized spacial score (nSPS) is 12.7. The first kappa shape index (κ1) is 19.3. The summed E-state index contributed by atoms with van der Waals surface area (Å²) in [6.45, 7) is 1.46. The Bertz CT molecular complexity index is 778. The predicted molar refractivity (Wildman–Crippen MR) is 94.2 cm³/mol. The minimum absolute atomic E-state index is 0.00459. The minimum atomic E-state index is -0.984. The summed E-state index contributed by atoms with van der Waals surface area (Å²) in [6.07, 6.45) is -0.00459. The lowest BCUT2D eigenvalue weighted by atomic mass is 10.1. The Labute approximate surface area is 150 Å². The summed E-state index contributed by atoms with van der Waals surface area (Å²) in [5.74, 6) is -2.12. The second kappa shape index (κ2) is 8.87. The number of carbonyl (C=O) groups is 3. The Morgan fingerprint density at radius 1 is 1.00 bits per heavy atom. The van der Waals surface area contributed by atoms with Crippen LogP contribution in [0.5, 0.6) is 0 Å². The maximum Gasteiger partial charge on any atom is 0.248 e. The fourth-order valence-corrected chi connectivity index (χ4v) is 2.26. The molecular formula is C19H20FN3O3. The molecule has 0 fully saturated rings. The summed E-state index contributed by atoms with van der Waals surface area (Å²) in [5, 5.41) is 4.68. The van der Waals surface area contributed by atoms with E-state index in [9.17, 15) is 18.8 Å². The van der Waals surface area contributed by atoms with Crippen LogP contribution in [-0.4, -0.2) is 23.8 Å². The summed E-state index contributed by atoms with van der Waals surface area (Å²) in [7, 11) is 0. The van der Waals surface area contributed by atoms with Crippen LogP contribution >= 0.6 is 0 Å². The van der Waals surface area contributed by atoms with Crippen molar-refractivity contribution in [3.8, 4) is 0 Å². The van der Waals surface area contributed by atoms with E-state index >= 15 is 0 Å². The third kappa shape index (κ3) is 5.49. The van der Waals surface area contributed by atoms with Crippen molar-refractivity contribution in [3.63, 3.8) is 0 Å². The van der Waals surface area contributed by atoms with Crippen molar-refractivity contribution in [2.24, 2.45) is 5.73 Å². The molecule has 4 N–H and O–H groups in total. The molecule has 0 saturated carbocycles. The third-order valence-electron chi connectivity index (χ3n) is 3.74. The zero-order chi connectivity index (χ0) is 19.1. The predicted octanol–water partition coefficient (Wildman–Crippen LogP) is 1.22. The molecule has 0 aliphatic rings. The molecule has 0 aliphatic carbocycles. The Hall–Kier alpha value is -3.06. The number of benzene rings is 2. The first-order chi connectivity index (χ1) is 12.4. The maximum absolute atomic E-state index is 12.9. The van der Waals surface area contributed by atoms with Gasteiger partial charge in [0.1, 0.15) is 17.9 Å². The minimum Gasteiger partial charge on any atom is -0.344 e. The molecule has 0 aromatic heterocycles. The number of hydrogen-bond acceptors (Lipinski definition) is 4. The van der Waals surface area contributed by atoms with Crippen LogP contribution in [0.3, 0.4) is 0 Å². The van der Waals surface area contributed by atoms with Crippen molar-refractivity contribution in [3.05, 3.63) is 71.5 Å². The number of nitrogens with one attached hydrogen (secondary N) is 2. The first-order valence-electron chi connectivity index (χ1n) is 8.06. The van der Waals surface area contributed by atoms with Crippen molar-refractivity contribution in [1.82, 2.24) is 10.6 Å². The monoisotopic (exact) mass is 357 g/mol. The Morgan fingerprint density at radius 3 is 2.23 bits per heavy atom. The highest BCUT2D eigenvalue weighted by Gasteiger charge is 2.22. The van der Waals surface area contributed by atoms with E-state index in [1.165, 1.54) is 31.2 Å². The summed E-state index contributed by atoms with van der Waals surface area (Å²) < 4.78 is 12.9. The third-order valence-corrected chi connectivity index (χ3v) is 3.74. The molecular weight excluding hydrogens is 337 g/mol. The van der Waals surface area contributed by atoms with Crippen LogP contribution in [0, 0.1) is 5.82 Å². The van der Waals surface area contributed by atoms with E-state index in [1.807, 2.05) is 0 Å². The van der Waals surface area contributed by atoms with Crippen molar-refractivity contribution in [2.45, 2.75) is 25.4 Å². The Morgan fingerprint density at radius 2 is 1.62 bits per heavy atom. The molecule has 6 nitrogen and oxygen atoms in total. The molecule has 26 heavy (non-hydrogen) atoms. The van der Waals surface area contributed by atoms with Gasteiger partial charge < -0.3 is 11.1 Å². The van der Waals surface area contributed by atoms with E-state index in [1.54, 1.807) is 30.3 Å². The molecule has 7 heteroatoms. The van der Waals surface area contributed by atoms with Crippen LogP contribution in [0.15, 0.2) is 54.6 Å². The van der Waals surface area contributed by atoms with Crippen molar-refractivity contribution >= 4 is 17.7 Å². The Balaban J connectivity index is 1.85. The van der Waals surface area contributed by atoms with E-state index in [0.29, 0.717) is 11.1 Å². The van der Waals surface area contributed by atoms with Crippen molar-refractivity contribution in [2.75, 3.05) is 0 Å².